The van der Waals surface area contributed by atoms with Gasteiger partial charge in [0, 0.05) is 48.7 Å². The molecule has 1 aliphatic rings. The first-order valence-electron chi connectivity index (χ1n) is 14.6. The van der Waals surface area contributed by atoms with E-state index in [9.17, 15) is 14.9 Å². The number of aromatic nitrogens is 4. The van der Waals surface area contributed by atoms with Crippen LogP contribution in [0.3, 0.4) is 0 Å². The van der Waals surface area contributed by atoms with Crippen LogP contribution in [-0.4, -0.2) is 36.4 Å². The molecule has 2 heterocycles. The van der Waals surface area contributed by atoms with Crippen LogP contribution in [-0.2, 0) is 17.9 Å². The summed E-state index contributed by atoms with van der Waals surface area (Å²) in [5, 5.41) is 21.3. The van der Waals surface area contributed by atoms with Crippen molar-refractivity contribution in [1.82, 2.24) is 24.8 Å². The van der Waals surface area contributed by atoms with Crippen molar-refractivity contribution in [1.29, 1.82) is 0 Å². The van der Waals surface area contributed by atoms with Crippen LogP contribution in [0.4, 0.5) is 17.5 Å². The standard InChI is InChI=1S/C31H35ClN8O3/c32-25-8-4-7-24(17-25)20-35-31-37-28(18-29(38-31)39-16-15-33-21-39)36-27(14-11-22-5-2-1-3-6-22)30(41)34-19-23-9-12-26(13-10-23)40(42)43/h4,7-10,12-13,15-18,21-22,27H,1-3,5-6,11,14,19-20H2,(H,34,41)(H2,35,36,37,38)/t27-/m1/s1. The van der Waals surface area contributed by atoms with Crippen molar-refractivity contribution in [2.75, 3.05) is 10.6 Å². The van der Waals surface area contributed by atoms with Crippen LogP contribution in [0.1, 0.15) is 56.1 Å². The molecule has 1 aliphatic carbocycles. The topological polar surface area (TPSA) is 140 Å². The van der Waals surface area contributed by atoms with E-state index in [0.29, 0.717) is 41.5 Å². The van der Waals surface area contributed by atoms with E-state index in [0.717, 1.165) is 17.5 Å². The summed E-state index contributed by atoms with van der Waals surface area (Å²) in [6.45, 7) is 0.725. The van der Waals surface area contributed by atoms with Gasteiger partial charge < -0.3 is 16.0 Å². The maximum absolute atomic E-state index is 13.5. The Kier molecular flexibility index (Phi) is 10.2. The van der Waals surface area contributed by atoms with Gasteiger partial charge in [0.25, 0.3) is 5.69 Å². The molecule has 2 aromatic heterocycles. The number of non-ortho nitro benzene ring substituents is 1. The molecule has 11 nitrogen and oxygen atoms in total. The Balaban J connectivity index is 1.33. The minimum absolute atomic E-state index is 0.0133. The normalized spacial score (nSPS) is 14.2. The van der Waals surface area contributed by atoms with Crippen molar-refractivity contribution < 1.29 is 9.72 Å². The number of amides is 1. The molecule has 3 N–H and O–H groups in total. The molecule has 4 aromatic rings. The van der Waals surface area contributed by atoms with E-state index in [4.69, 9.17) is 16.6 Å². The maximum Gasteiger partial charge on any atom is 0.269 e. The highest BCUT2D eigenvalue weighted by Gasteiger charge is 2.23. The number of nitro groups is 1. The van der Waals surface area contributed by atoms with Gasteiger partial charge in [0.2, 0.25) is 11.9 Å². The molecule has 0 unspecified atom stereocenters. The van der Waals surface area contributed by atoms with Gasteiger partial charge in [-0.1, -0.05) is 68.0 Å². The number of hydrogen-bond acceptors (Lipinski definition) is 8. The van der Waals surface area contributed by atoms with Crippen LogP contribution < -0.4 is 16.0 Å². The van der Waals surface area contributed by atoms with Gasteiger partial charge >= 0.3 is 0 Å². The lowest BCUT2D eigenvalue weighted by atomic mass is 9.85. The number of nitrogens with one attached hydrogen (secondary N) is 3. The quantitative estimate of drug-likeness (QED) is 0.120. The van der Waals surface area contributed by atoms with E-state index in [1.165, 1.54) is 44.2 Å². The second-order valence-electron chi connectivity index (χ2n) is 10.8. The zero-order chi connectivity index (χ0) is 30.0. The van der Waals surface area contributed by atoms with Crippen LogP contribution in [0.2, 0.25) is 5.02 Å². The number of hydrogen-bond donors (Lipinski definition) is 3. The summed E-state index contributed by atoms with van der Waals surface area (Å²) in [5.41, 5.74) is 1.77. The lowest BCUT2D eigenvalue weighted by Crippen LogP contribution is -2.40. The highest BCUT2D eigenvalue weighted by atomic mass is 35.5. The van der Waals surface area contributed by atoms with E-state index in [1.54, 1.807) is 41.5 Å². The highest BCUT2D eigenvalue weighted by molar-refractivity contribution is 6.30. The van der Waals surface area contributed by atoms with Gasteiger partial charge in [-0.05, 0) is 42.0 Å². The van der Waals surface area contributed by atoms with Gasteiger partial charge in [0.15, 0.2) is 0 Å². The summed E-state index contributed by atoms with van der Waals surface area (Å²) in [6, 6.07) is 15.0. The molecule has 5 rings (SSSR count). The molecule has 224 valence electrons. The van der Waals surface area contributed by atoms with Crippen LogP contribution >= 0.6 is 11.6 Å². The molecular weight excluding hydrogens is 568 g/mol. The first-order valence-corrected chi connectivity index (χ1v) is 14.9. The van der Waals surface area contributed by atoms with Crippen molar-refractivity contribution in [3.8, 4) is 5.82 Å². The second kappa shape index (κ2) is 14.6. The number of carbonyl (C=O) groups excluding carboxylic acids is 1. The number of carbonyl (C=O) groups is 1. The molecule has 0 radical (unpaired) electrons. The average molecular weight is 603 g/mol. The number of anilines is 2. The Bertz CT molecular complexity index is 1510. The molecule has 1 amide bonds. The van der Waals surface area contributed by atoms with Gasteiger partial charge in [-0.2, -0.15) is 9.97 Å². The lowest BCUT2D eigenvalue weighted by Gasteiger charge is -2.25. The molecule has 12 heteroatoms. The van der Waals surface area contributed by atoms with Crippen molar-refractivity contribution in [3.05, 3.63) is 99.6 Å². The Morgan fingerprint density at radius 3 is 2.58 bits per heavy atom. The van der Waals surface area contributed by atoms with E-state index in [-0.39, 0.29) is 18.1 Å². The summed E-state index contributed by atoms with van der Waals surface area (Å²) >= 11 is 6.16. The molecule has 1 atom stereocenters. The Morgan fingerprint density at radius 2 is 1.86 bits per heavy atom. The molecule has 0 aliphatic heterocycles. The fourth-order valence-electron chi connectivity index (χ4n) is 5.32. The SMILES string of the molecule is O=C(NCc1ccc([N+](=O)[O-])cc1)[C@@H](CCC1CCCCC1)Nc1cc(-n2ccnc2)nc(NCc2cccc(Cl)c2)n1. The van der Waals surface area contributed by atoms with Crippen LogP contribution in [0.5, 0.6) is 0 Å². The number of imidazole rings is 1. The zero-order valence-corrected chi connectivity index (χ0v) is 24.5. The molecule has 0 saturated heterocycles. The predicted molar refractivity (Wildman–Crippen MR) is 166 cm³/mol. The van der Waals surface area contributed by atoms with Crippen molar-refractivity contribution in [2.45, 2.75) is 64.1 Å². The van der Waals surface area contributed by atoms with Crippen LogP contribution in [0.15, 0.2) is 73.3 Å². The van der Waals surface area contributed by atoms with Gasteiger partial charge in [0.05, 0.1) is 4.92 Å². The molecule has 0 spiro atoms. The Labute approximate surface area is 255 Å². The molecule has 43 heavy (non-hydrogen) atoms. The van der Waals surface area contributed by atoms with E-state index in [2.05, 4.69) is 25.9 Å². The lowest BCUT2D eigenvalue weighted by molar-refractivity contribution is -0.384. The minimum atomic E-state index is -0.536. The summed E-state index contributed by atoms with van der Waals surface area (Å²) in [5.74, 6) is 1.94. The third-order valence-electron chi connectivity index (χ3n) is 7.66. The van der Waals surface area contributed by atoms with Gasteiger partial charge in [-0.3, -0.25) is 19.5 Å². The van der Waals surface area contributed by atoms with Gasteiger partial charge in [-0.15, -0.1) is 0 Å². The molecule has 1 fully saturated rings. The smallest absolute Gasteiger partial charge is 0.269 e. The average Bonchev–Trinajstić information content (AvgIpc) is 3.57. The fourth-order valence-corrected chi connectivity index (χ4v) is 5.53. The molecule has 1 saturated carbocycles. The molecule has 2 aromatic carbocycles. The number of halogens is 1. The predicted octanol–water partition coefficient (Wildman–Crippen LogP) is 6.29. The van der Waals surface area contributed by atoms with E-state index in [1.807, 2.05) is 24.3 Å². The van der Waals surface area contributed by atoms with Crippen molar-refractivity contribution >= 4 is 35.0 Å². The third kappa shape index (κ3) is 8.74. The monoisotopic (exact) mass is 602 g/mol. The van der Waals surface area contributed by atoms with Crippen LogP contribution in [0, 0.1) is 16.0 Å². The zero-order valence-electron chi connectivity index (χ0n) is 23.8. The first-order chi connectivity index (χ1) is 20.9. The number of benzene rings is 2. The largest absolute Gasteiger partial charge is 0.358 e. The Hall–Kier alpha value is -4.51. The van der Waals surface area contributed by atoms with Crippen LogP contribution in [0.25, 0.3) is 5.82 Å². The molecular formula is C31H35ClN8O3. The van der Waals surface area contributed by atoms with Gasteiger partial charge in [0.1, 0.15) is 24.0 Å². The second-order valence-corrected chi connectivity index (χ2v) is 11.2. The number of nitro benzene ring substituents is 1. The van der Waals surface area contributed by atoms with Crippen molar-refractivity contribution in [3.63, 3.8) is 0 Å². The maximum atomic E-state index is 13.5. The summed E-state index contributed by atoms with van der Waals surface area (Å²) in [6.07, 6.45) is 12.8. The summed E-state index contributed by atoms with van der Waals surface area (Å²) < 4.78 is 1.78. The van der Waals surface area contributed by atoms with Gasteiger partial charge in [-0.25, -0.2) is 4.98 Å². The first kappa shape index (κ1) is 30.0. The highest BCUT2D eigenvalue weighted by Crippen LogP contribution is 2.28. The van der Waals surface area contributed by atoms with E-state index < -0.39 is 11.0 Å². The fraction of sp³-hybridized carbons (Fsp3) is 0.355. The molecule has 0 bridgehead atoms. The summed E-state index contributed by atoms with van der Waals surface area (Å²) in [7, 11) is 0. The third-order valence-corrected chi connectivity index (χ3v) is 7.90. The summed E-state index contributed by atoms with van der Waals surface area (Å²) in [4.78, 5) is 37.6. The number of rotatable bonds is 13. The number of nitrogens with zero attached hydrogens (tertiary/aromatic N) is 5. The van der Waals surface area contributed by atoms with Crippen molar-refractivity contribution in [2.24, 2.45) is 5.92 Å². The minimum Gasteiger partial charge on any atom is -0.358 e. The van der Waals surface area contributed by atoms with E-state index >= 15 is 0 Å². The Morgan fingerprint density at radius 1 is 1.05 bits per heavy atom.